The molecule has 98 valence electrons. The van der Waals surface area contributed by atoms with Gasteiger partial charge >= 0.3 is 5.97 Å². The molecule has 0 bridgehead atoms. The molecule has 0 aliphatic carbocycles. The van der Waals surface area contributed by atoms with Crippen molar-refractivity contribution in [3.63, 3.8) is 0 Å². The molecule has 0 aromatic heterocycles. The van der Waals surface area contributed by atoms with Crippen LogP contribution in [0, 0.1) is 0 Å². The molecule has 2 N–H and O–H groups in total. The third-order valence-corrected chi connectivity index (χ3v) is 2.70. The zero-order valence-electron chi connectivity index (χ0n) is 10.1. The molecule has 0 radical (unpaired) electrons. The van der Waals surface area contributed by atoms with Gasteiger partial charge in [-0.1, -0.05) is 11.6 Å². The standard InChI is InChI=1S/C12H14ClNO4/c1-7(2)14(6-11(16)17)12(18)9-5-8(15)3-4-10(9)13/h3-5,7,15H,6H2,1-2H3,(H,16,17). The topological polar surface area (TPSA) is 77.8 Å². The van der Waals surface area contributed by atoms with E-state index in [2.05, 4.69) is 0 Å². The normalized spacial score (nSPS) is 10.4. The Labute approximate surface area is 110 Å². The summed E-state index contributed by atoms with van der Waals surface area (Å²) in [4.78, 5) is 24.1. The monoisotopic (exact) mass is 271 g/mol. The van der Waals surface area contributed by atoms with E-state index in [1.165, 1.54) is 23.1 Å². The first-order valence-electron chi connectivity index (χ1n) is 5.34. The number of phenols is 1. The number of carboxylic acids is 1. The van der Waals surface area contributed by atoms with Crippen LogP contribution in [0.2, 0.25) is 5.02 Å². The maximum Gasteiger partial charge on any atom is 0.323 e. The van der Waals surface area contributed by atoms with Crippen LogP contribution in [-0.2, 0) is 4.79 Å². The lowest BCUT2D eigenvalue weighted by atomic mass is 10.1. The molecule has 1 aromatic carbocycles. The number of rotatable bonds is 4. The zero-order valence-corrected chi connectivity index (χ0v) is 10.8. The van der Waals surface area contributed by atoms with Crippen molar-refractivity contribution >= 4 is 23.5 Å². The molecule has 0 saturated carbocycles. The number of aliphatic carboxylic acids is 1. The third-order valence-electron chi connectivity index (χ3n) is 2.37. The fourth-order valence-corrected chi connectivity index (χ4v) is 1.66. The lowest BCUT2D eigenvalue weighted by Gasteiger charge is -2.25. The second-order valence-electron chi connectivity index (χ2n) is 4.08. The number of phenolic OH excluding ortho intramolecular Hbond substituents is 1. The van der Waals surface area contributed by atoms with E-state index in [4.69, 9.17) is 16.7 Å². The third kappa shape index (κ3) is 3.37. The Balaban J connectivity index is 3.09. The number of carbonyl (C=O) groups excluding carboxylic acids is 1. The van der Waals surface area contributed by atoms with Gasteiger partial charge in [0.15, 0.2) is 0 Å². The van der Waals surface area contributed by atoms with Gasteiger partial charge in [-0.15, -0.1) is 0 Å². The molecule has 0 aliphatic rings. The second-order valence-corrected chi connectivity index (χ2v) is 4.49. The van der Waals surface area contributed by atoms with Crippen LogP contribution in [0.3, 0.4) is 0 Å². The Morgan fingerprint density at radius 3 is 2.50 bits per heavy atom. The fourth-order valence-electron chi connectivity index (χ4n) is 1.47. The predicted molar refractivity (Wildman–Crippen MR) is 66.9 cm³/mol. The molecular weight excluding hydrogens is 258 g/mol. The highest BCUT2D eigenvalue weighted by Gasteiger charge is 2.23. The number of carbonyl (C=O) groups is 2. The first-order chi connectivity index (χ1) is 8.32. The van der Waals surface area contributed by atoms with Gasteiger partial charge < -0.3 is 15.1 Å². The highest BCUT2D eigenvalue weighted by molar-refractivity contribution is 6.33. The molecule has 5 nitrogen and oxygen atoms in total. The van der Waals surface area contributed by atoms with Gasteiger partial charge in [-0.05, 0) is 32.0 Å². The number of hydrogen-bond acceptors (Lipinski definition) is 3. The van der Waals surface area contributed by atoms with E-state index in [1.54, 1.807) is 13.8 Å². The summed E-state index contributed by atoms with van der Waals surface area (Å²) >= 11 is 5.87. The molecule has 18 heavy (non-hydrogen) atoms. The Hall–Kier alpha value is -1.75. The summed E-state index contributed by atoms with van der Waals surface area (Å²) in [5.74, 6) is -1.72. The minimum absolute atomic E-state index is 0.0895. The van der Waals surface area contributed by atoms with Gasteiger partial charge in [-0.2, -0.15) is 0 Å². The highest BCUT2D eigenvalue weighted by atomic mass is 35.5. The van der Waals surface area contributed by atoms with Crippen LogP contribution in [0.5, 0.6) is 5.75 Å². The Morgan fingerprint density at radius 1 is 1.39 bits per heavy atom. The molecule has 0 heterocycles. The van der Waals surface area contributed by atoms with Gasteiger partial charge in [-0.3, -0.25) is 9.59 Å². The van der Waals surface area contributed by atoms with Gasteiger partial charge in [0.25, 0.3) is 5.91 Å². The predicted octanol–water partition coefficient (Wildman–Crippen LogP) is 1.98. The van der Waals surface area contributed by atoms with Crippen LogP contribution < -0.4 is 0 Å². The van der Waals surface area contributed by atoms with E-state index >= 15 is 0 Å². The van der Waals surface area contributed by atoms with E-state index in [-0.39, 0.29) is 22.4 Å². The molecule has 0 spiro atoms. The first-order valence-corrected chi connectivity index (χ1v) is 5.72. The van der Waals surface area contributed by atoms with Crippen molar-refractivity contribution in [2.75, 3.05) is 6.54 Å². The van der Waals surface area contributed by atoms with Crippen LogP contribution in [0.4, 0.5) is 0 Å². The summed E-state index contributed by atoms with van der Waals surface area (Å²) in [6.45, 7) is 3.00. The molecule has 1 amide bonds. The number of halogens is 1. The number of aromatic hydroxyl groups is 1. The molecule has 1 aromatic rings. The fraction of sp³-hybridized carbons (Fsp3) is 0.333. The zero-order chi connectivity index (χ0) is 13.9. The average Bonchev–Trinajstić information content (AvgIpc) is 2.27. The number of amides is 1. The van der Waals surface area contributed by atoms with E-state index < -0.39 is 18.4 Å². The number of benzene rings is 1. The molecule has 0 atom stereocenters. The maximum absolute atomic E-state index is 12.2. The Kier molecular flexibility index (Phi) is 4.55. The van der Waals surface area contributed by atoms with E-state index in [9.17, 15) is 14.7 Å². The average molecular weight is 272 g/mol. The van der Waals surface area contributed by atoms with Gasteiger partial charge in [0.2, 0.25) is 0 Å². The van der Waals surface area contributed by atoms with Crippen molar-refractivity contribution in [3.8, 4) is 5.75 Å². The van der Waals surface area contributed by atoms with E-state index in [1.807, 2.05) is 0 Å². The molecule has 0 unspecified atom stereocenters. The minimum Gasteiger partial charge on any atom is -0.508 e. The van der Waals surface area contributed by atoms with Gasteiger partial charge in [0.05, 0.1) is 10.6 Å². The lowest BCUT2D eigenvalue weighted by molar-refractivity contribution is -0.138. The van der Waals surface area contributed by atoms with Crippen molar-refractivity contribution in [1.29, 1.82) is 0 Å². The van der Waals surface area contributed by atoms with Crippen LogP contribution in [0.25, 0.3) is 0 Å². The van der Waals surface area contributed by atoms with Gasteiger partial charge in [0.1, 0.15) is 12.3 Å². The summed E-state index contributed by atoms with van der Waals surface area (Å²) in [7, 11) is 0. The van der Waals surface area contributed by atoms with Crippen LogP contribution in [0.1, 0.15) is 24.2 Å². The summed E-state index contributed by atoms with van der Waals surface area (Å²) in [6, 6.07) is 3.69. The largest absolute Gasteiger partial charge is 0.508 e. The van der Waals surface area contributed by atoms with Gasteiger partial charge in [-0.25, -0.2) is 0 Å². The Morgan fingerprint density at radius 2 is 2.00 bits per heavy atom. The van der Waals surface area contributed by atoms with Crippen molar-refractivity contribution in [1.82, 2.24) is 4.90 Å². The smallest absolute Gasteiger partial charge is 0.323 e. The molecule has 6 heteroatoms. The number of carboxylic acid groups (broad SMARTS) is 1. The highest BCUT2D eigenvalue weighted by Crippen LogP contribution is 2.23. The number of nitrogens with zero attached hydrogens (tertiary/aromatic N) is 1. The quantitative estimate of drug-likeness (QED) is 0.878. The number of hydrogen-bond donors (Lipinski definition) is 2. The summed E-state index contributed by atoms with van der Waals surface area (Å²) in [5.41, 5.74) is 0.0895. The Bertz CT molecular complexity index is 473. The molecule has 0 aliphatic heterocycles. The van der Waals surface area contributed by atoms with Crippen LogP contribution in [-0.4, -0.2) is 39.6 Å². The van der Waals surface area contributed by atoms with Crippen molar-refractivity contribution in [2.45, 2.75) is 19.9 Å². The van der Waals surface area contributed by atoms with E-state index in [0.29, 0.717) is 0 Å². The van der Waals surface area contributed by atoms with Crippen LogP contribution >= 0.6 is 11.6 Å². The second kappa shape index (κ2) is 5.73. The molecule has 0 saturated heterocycles. The SMILES string of the molecule is CC(C)N(CC(=O)O)C(=O)c1cc(O)ccc1Cl. The maximum atomic E-state index is 12.2. The summed E-state index contributed by atoms with van der Waals surface area (Å²) in [6.07, 6.45) is 0. The van der Waals surface area contributed by atoms with E-state index in [0.717, 1.165) is 0 Å². The van der Waals surface area contributed by atoms with Crippen molar-refractivity contribution < 1.29 is 19.8 Å². The van der Waals surface area contributed by atoms with Gasteiger partial charge in [0, 0.05) is 6.04 Å². The minimum atomic E-state index is -1.10. The van der Waals surface area contributed by atoms with Crippen molar-refractivity contribution in [3.05, 3.63) is 28.8 Å². The summed E-state index contributed by atoms with van der Waals surface area (Å²) < 4.78 is 0. The molecular formula is C12H14ClNO4. The summed E-state index contributed by atoms with van der Waals surface area (Å²) in [5, 5.41) is 18.3. The lowest BCUT2D eigenvalue weighted by Crippen LogP contribution is -2.40. The van der Waals surface area contributed by atoms with Crippen molar-refractivity contribution in [2.24, 2.45) is 0 Å². The molecule has 1 rings (SSSR count). The first kappa shape index (κ1) is 14.3. The van der Waals surface area contributed by atoms with Crippen LogP contribution in [0.15, 0.2) is 18.2 Å². The molecule has 0 fully saturated rings.